The molecule has 0 spiro atoms. The van der Waals surface area contributed by atoms with E-state index in [0.29, 0.717) is 50.2 Å². The summed E-state index contributed by atoms with van der Waals surface area (Å²) in [6, 6.07) is 11.3. The van der Waals surface area contributed by atoms with E-state index in [4.69, 9.17) is 35.4 Å². The molecule has 280 valence electrons. The number of carbonyl (C=O) groups excluding carboxylic acids is 2. The van der Waals surface area contributed by atoms with Crippen molar-refractivity contribution >= 4 is 72.5 Å². The van der Waals surface area contributed by atoms with Crippen LogP contribution in [0.3, 0.4) is 0 Å². The second-order valence-corrected chi connectivity index (χ2v) is 14.2. The number of aromatic nitrogens is 1. The van der Waals surface area contributed by atoms with Gasteiger partial charge in [0.1, 0.15) is 11.4 Å². The number of amides is 3. The number of anilines is 1. The highest BCUT2D eigenvalue weighted by Crippen LogP contribution is 2.61. The van der Waals surface area contributed by atoms with Crippen molar-refractivity contribution in [2.24, 2.45) is 0 Å². The van der Waals surface area contributed by atoms with Crippen LogP contribution in [-0.4, -0.2) is 91.3 Å². The number of hydroxylamine groups is 1. The average molecular weight is 787 g/mol. The number of phosphoric acid groups is 2. The first-order chi connectivity index (χ1) is 24.7. The summed E-state index contributed by atoms with van der Waals surface area (Å²) in [5.74, 6) is -0.783. The third kappa shape index (κ3) is 8.38. The Balaban J connectivity index is 1.40. The molecule has 2 heterocycles. The molecule has 22 heteroatoms. The third-order valence-electron chi connectivity index (χ3n) is 7.67. The lowest BCUT2D eigenvalue weighted by Gasteiger charge is -2.21. The highest BCUT2D eigenvalue weighted by Gasteiger charge is 2.40. The Bertz CT molecular complexity index is 2110. The van der Waals surface area contributed by atoms with Gasteiger partial charge in [0.05, 0.1) is 39.1 Å². The van der Waals surface area contributed by atoms with Gasteiger partial charge in [0.15, 0.2) is 18.1 Å². The standard InChI is InChI=1S/C30H33ClN4O15P2/c1-44-23-11-16-10-20(33-26(16)28(46-3)27(23)45-2)29(37)35-14-17(13-31)25-19-7-5-4-6-18(19)22(12-21(25)35)49-52(42,43)50-51(40,41)48-9-8-32-24(36)15-47-34-30(38)39/h4-7,10-12,17,33-34H,8-9,13-15H2,1-3H3,(H,32,36)(H,38,39)(H,40,41)(H,42,43)/t17-/m1/s1. The maximum absolute atomic E-state index is 14.1. The van der Waals surface area contributed by atoms with Crippen molar-refractivity contribution < 1.29 is 70.8 Å². The smallest absolute Gasteiger partial charge is 0.493 e. The largest absolute Gasteiger partial charge is 0.536 e. The Hall–Kier alpha value is -4.58. The summed E-state index contributed by atoms with van der Waals surface area (Å²) in [4.78, 5) is 65.7. The lowest BCUT2D eigenvalue weighted by atomic mass is 9.95. The molecule has 0 aliphatic carbocycles. The highest BCUT2D eigenvalue weighted by molar-refractivity contribution is 7.61. The summed E-state index contributed by atoms with van der Waals surface area (Å²) in [6.07, 6.45) is -1.53. The minimum Gasteiger partial charge on any atom is -0.493 e. The maximum atomic E-state index is 14.1. The van der Waals surface area contributed by atoms with Gasteiger partial charge in [0.2, 0.25) is 11.7 Å². The van der Waals surface area contributed by atoms with E-state index in [2.05, 4.69) is 24.0 Å². The van der Waals surface area contributed by atoms with Crippen LogP contribution in [0.2, 0.25) is 0 Å². The summed E-state index contributed by atoms with van der Waals surface area (Å²) in [6.45, 7) is -1.62. The van der Waals surface area contributed by atoms with Gasteiger partial charge >= 0.3 is 21.7 Å². The summed E-state index contributed by atoms with van der Waals surface area (Å²) in [5, 5.41) is 12.1. The molecular weight excluding hydrogens is 754 g/mol. The van der Waals surface area contributed by atoms with E-state index in [9.17, 15) is 33.3 Å². The number of benzene rings is 3. The first kappa shape index (κ1) is 38.6. The van der Waals surface area contributed by atoms with Gasteiger partial charge in [-0.25, -0.2) is 13.9 Å². The number of hydrogen-bond acceptors (Lipinski definition) is 12. The Kier molecular flexibility index (Phi) is 11.9. The molecule has 19 nitrogen and oxygen atoms in total. The Labute approximate surface area is 299 Å². The minimum absolute atomic E-state index is 0.120. The maximum Gasteiger partial charge on any atom is 0.536 e. The Morgan fingerprint density at radius 3 is 2.35 bits per heavy atom. The molecule has 0 radical (unpaired) electrons. The molecule has 3 atom stereocenters. The first-order valence-electron chi connectivity index (χ1n) is 15.1. The van der Waals surface area contributed by atoms with E-state index in [1.54, 1.807) is 36.4 Å². The van der Waals surface area contributed by atoms with Crippen molar-refractivity contribution in [2.75, 3.05) is 58.4 Å². The molecule has 6 N–H and O–H groups in total. The van der Waals surface area contributed by atoms with E-state index in [-0.39, 0.29) is 36.3 Å². The fraction of sp³-hybridized carbons (Fsp3) is 0.300. The second kappa shape index (κ2) is 16.0. The molecule has 2 unspecified atom stereocenters. The molecule has 4 aromatic rings. The van der Waals surface area contributed by atoms with Crippen LogP contribution in [0.15, 0.2) is 42.5 Å². The number of rotatable bonds is 16. The number of nitrogens with one attached hydrogen (secondary N) is 3. The van der Waals surface area contributed by atoms with Crippen molar-refractivity contribution in [3.05, 3.63) is 53.7 Å². The zero-order valence-corrected chi connectivity index (χ0v) is 30.2. The van der Waals surface area contributed by atoms with Crippen molar-refractivity contribution in [3.63, 3.8) is 0 Å². The summed E-state index contributed by atoms with van der Waals surface area (Å²) in [7, 11) is -6.31. The SMILES string of the molecule is COc1cc2cc(C(=O)N3C[C@@H](CCl)c4c3cc(OP(=O)(O)OP(=O)(O)OCCNC(=O)CONC(=O)O)c3ccccc43)[nH]c2c(OC)c1OC. The minimum atomic E-state index is -5.41. The average Bonchev–Trinajstić information content (AvgIpc) is 3.70. The molecule has 1 aliphatic rings. The van der Waals surface area contributed by atoms with Crippen molar-refractivity contribution in [1.29, 1.82) is 0 Å². The quantitative estimate of drug-likeness (QED) is 0.0402. The van der Waals surface area contributed by atoms with Crippen LogP contribution < -0.4 is 34.4 Å². The zero-order chi connectivity index (χ0) is 37.8. The van der Waals surface area contributed by atoms with Gasteiger partial charge in [-0.1, -0.05) is 24.3 Å². The van der Waals surface area contributed by atoms with Crippen LogP contribution in [0.4, 0.5) is 10.5 Å². The predicted octanol–water partition coefficient (Wildman–Crippen LogP) is 4.26. The molecule has 0 saturated heterocycles. The normalized spacial score (nSPS) is 16.1. The number of halogens is 1. The lowest BCUT2D eigenvalue weighted by Crippen LogP contribution is -2.34. The van der Waals surface area contributed by atoms with Gasteiger partial charge in [-0.15, -0.1) is 11.6 Å². The van der Waals surface area contributed by atoms with Crippen LogP contribution in [-0.2, 0) is 27.6 Å². The van der Waals surface area contributed by atoms with E-state index in [1.165, 1.54) is 37.8 Å². The Morgan fingerprint density at radius 1 is 0.981 bits per heavy atom. The molecule has 0 saturated carbocycles. The second-order valence-electron chi connectivity index (χ2n) is 10.9. The van der Waals surface area contributed by atoms with Gasteiger partial charge in [0.25, 0.3) is 5.91 Å². The molecule has 3 amide bonds. The van der Waals surface area contributed by atoms with Crippen molar-refractivity contribution in [1.82, 2.24) is 15.8 Å². The number of carbonyl (C=O) groups is 3. The van der Waals surface area contributed by atoms with E-state index >= 15 is 0 Å². The number of phosphoric ester groups is 2. The highest BCUT2D eigenvalue weighted by atomic mass is 35.5. The van der Waals surface area contributed by atoms with Gasteiger partial charge in [-0.05, 0) is 23.1 Å². The van der Waals surface area contributed by atoms with Crippen molar-refractivity contribution in [3.8, 4) is 23.0 Å². The topological polar surface area (TPSA) is 254 Å². The third-order valence-corrected chi connectivity index (χ3v) is 10.6. The van der Waals surface area contributed by atoms with Crippen LogP contribution in [0.25, 0.3) is 21.7 Å². The molecule has 1 aliphatic heterocycles. The van der Waals surface area contributed by atoms with E-state index in [1.807, 2.05) is 0 Å². The lowest BCUT2D eigenvalue weighted by molar-refractivity contribution is -0.127. The van der Waals surface area contributed by atoms with Gasteiger partial charge in [0, 0.05) is 41.7 Å². The molecular formula is C30H33ClN4O15P2. The fourth-order valence-electron chi connectivity index (χ4n) is 5.67. The monoisotopic (exact) mass is 786 g/mol. The molecule has 3 aromatic carbocycles. The van der Waals surface area contributed by atoms with E-state index < -0.39 is 46.8 Å². The van der Waals surface area contributed by atoms with Gasteiger partial charge < -0.3 is 43.9 Å². The number of methoxy groups -OCH3 is 3. The number of fused-ring (bicyclic) bond motifs is 4. The number of H-pyrrole nitrogens is 1. The van der Waals surface area contributed by atoms with Gasteiger partial charge in [-0.3, -0.25) is 23.8 Å². The molecule has 1 aromatic heterocycles. The molecule has 52 heavy (non-hydrogen) atoms. The molecule has 0 bridgehead atoms. The molecule has 0 fully saturated rings. The van der Waals surface area contributed by atoms with Gasteiger partial charge in [-0.2, -0.15) is 9.79 Å². The van der Waals surface area contributed by atoms with Crippen molar-refractivity contribution in [2.45, 2.75) is 5.92 Å². The van der Waals surface area contributed by atoms with Crippen LogP contribution in [0.1, 0.15) is 22.0 Å². The Morgan fingerprint density at radius 2 is 1.69 bits per heavy atom. The van der Waals surface area contributed by atoms with Crippen LogP contribution in [0.5, 0.6) is 23.0 Å². The summed E-state index contributed by atoms with van der Waals surface area (Å²) in [5.41, 5.74) is 3.10. The first-order valence-corrected chi connectivity index (χ1v) is 18.6. The number of nitrogens with zero attached hydrogens (tertiary/aromatic N) is 1. The number of hydrogen-bond donors (Lipinski definition) is 6. The fourth-order valence-corrected chi connectivity index (χ4v) is 8.01. The number of ether oxygens (including phenoxy) is 3. The number of alkyl halides is 1. The molecule has 5 rings (SSSR count). The number of aromatic amines is 1. The summed E-state index contributed by atoms with van der Waals surface area (Å²) < 4.78 is 56.6. The zero-order valence-electron chi connectivity index (χ0n) is 27.6. The van der Waals surface area contributed by atoms with E-state index in [0.717, 1.165) is 0 Å². The predicted molar refractivity (Wildman–Crippen MR) is 184 cm³/mol. The van der Waals surface area contributed by atoms with Crippen LogP contribution >= 0.6 is 27.2 Å². The summed E-state index contributed by atoms with van der Waals surface area (Å²) >= 11 is 6.39. The van der Waals surface area contributed by atoms with Crippen LogP contribution in [0, 0.1) is 0 Å². The number of carboxylic acid groups (broad SMARTS) is 1.